The Hall–Kier alpha value is -1.59. The normalized spacial score (nSPS) is 20.4. The van der Waals surface area contributed by atoms with Crippen LogP contribution in [0, 0.1) is 13.8 Å². The predicted octanol–water partition coefficient (Wildman–Crippen LogP) is 2.05. The zero-order chi connectivity index (χ0) is 15.6. The van der Waals surface area contributed by atoms with Crippen LogP contribution in [0.1, 0.15) is 24.0 Å². The molecule has 0 N–H and O–H groups in total. The number of amides is 1. The number of rotatable bonds is 3. The first-order valence-corrected chi connectivity index (χ1v) is 7.84. The van der Waals surface area contributed by atoms with Gasteiger partial charge in [0.25, 0.3) is 5.91 Å². The number of ether oxygens (including phenoxy) is 3. The van der Waals surface area contributed by atoms with Gasteiger partial charge in [0.2, 0.25) is 0 Å². The van der Waals surface area contributed by atoms with E-state index in [0.29, 0.717) is 26.3 Å². The monoisotopic (exact) mass is 305 g/mol. The van der Waals surface area contributed by atoms with Gasteiger partial charge in [0, 0.05) is 25.9 Å². The standard InChI is InChI=1S/C17H23NO4/c1-13-3-4-15(11-14(13)2)20-12-16(19)18-7-5-17(6-8-18)21-9-10-22-17/h3-4,11H,5-10,12H2,1-2H3. The minimum Gasteiger partial charge on any atom is -0.484 e. The highest BCUT2D eigenvalue weighted by atomic mass is 16.7. The fourth-order valence-corrected chi connectivity index (χ4v) is 2.92. The molecule has 1 spiro atoms. The van der Waals surface area contributed by atoms with Crippen LogP contribution < -0.4 is 4.74 Å². The third kappa shape index (κ3) is 3.25. The molecule has 5 nitrogen and oxygen atoms in total. The highest BCUT2D eigenvalue weighted by Crippen LogP contribution is 2.31. The van der Waals surface area contributed by atoms with Gasteiger partial charge in [-0.15, -0.1) is 0 Å². The van der Waals surface area contributed by atoms with Crippen LogP contribution in [0.3, 0.4) is 0 Å². The Morgan fingerprint density at radius 3 is 2.50 bits per heavy atom. The maximum Gasteiger partial charge on any atom is 0.260 e. The summed E-state index contributed by atoms with van der Waals surface area (Å²) in [6, 6.07) is 5.88. The summed E-state index contributed by atoms with van der Waals surface area (Å²) in [5, 5.41) is 0. The highest BCUT2D eigenvalue weighted by Gasteiger charge is 2.40. The molecule has 3 rings (SSSR count). The molecular weight excluding hydrogens is 282 g/mol. The van der Waals surface area contributed by atoms with Crippen molar-refractivity contribution in [2.45, 2.75) is 32.5 Å². The first kappa shape index (κ1) is 15.3. The minimum atomic E-state index is -0.439. The Kier molecular flexibility index (Phi) is 4.36. The van der Waals surface area contributed by atoms with E-state index in [4.69, 9.17) is 14.2 Å². The highest BCUT2D eigenvalue weighted by molar-refractivity contribution is 5.77. The van der Waals surface area contributed by atoms with Gasteiger partial charge in [-0.2, -0.15) is 0 Å². The van der Waals surface area contributed by atoms with Gasteiger partial charge in [-0.3, -0.25) is 4.79 Å². The molecule has 2 heterocycles. The van der Waals surface area contributed by atoms with E-state index in [1.807, 2.05) is 30.0 Å². The lowest BCUT2D eigenvalue weighted by atomic mass is 10.0. The van der Waals surface area contributed by atoms with Gasteiger partial charge in [0.1, 0.15) is 5.75 Å². The summed E-state index contributed by atoms with van der Waals surface area (Å²) in [6.45, 7) is 6.81. The van der Waals surface area contributed by atoms with Crippen molar-refractivity contribution in [2.24, 2.45) is 0 Å². The lowest BCUT2D eigenvalue weighted by Gasteiger charge is -2.37. The number of carbonyl (C=O) groups is 1. The molecule has 22 heavy (non-hydrogen) atoms. The third-order valence-corrected chi connectivity index (χ3v) is 4.53. The lowest BCUT2D eigenvalue weighted by Crippen LogP contribution is -2.48. The number of aryl methyl sites for hydroxylation is 2. The van der Waals surface area contributed by atoms with E-state index >= 15 is 0 Å². The second-order valence-electron chi connectivity index (χ2n) is 6.02. The molecule has 0 aromatic heterocycles. The molecule has 0 aliphatic carbocycles. The summed E-state index contributed by atoms with van der Waals surface area (Å²) in [5.74, 6) is 0.324. The fourth-order valence-electron chi connectivity index (χ4n) is 2.92. The van der Waals surface area contributed by atoms with Crippen molar-refractivity contribution in [3.8, 4) is 5.75 Å². The second kappa shape index (κ2) is 6.26. The predicted molar refractivity (Wildman–Crippen MR) is 81.9 cm³/mol. The van der Waals surface area contributed by atoms with Crippen molar-refractivity contribution in [1.82, 2.24) is 4.90 Å². The fraction of sp³-hybridized carbons (Fsp3) is 0.588. The Morgan fingerprint density at radius 1 is 1.18 bits per heavy atom. The van der Waals surface area contributed by atoms with Crippen molar-refractivity contribution >= 4 is 5.91 Å². The molecule has 2 aliphatic heterocycles. The van der Waals surface area contributed by atoms with Crippen LogP contribution in [0.5, 0.6) is 5.75 Å². The van der Waals surface area contributed by atoms with Gasteiger partial charge in [-0.05, 0) is 37.1 Å². The Balaban J connectivity index is 1.49. The molecule has 2 fully saturated rings. The Morgan fingerprint density at radius 2 is 1.86 bits per heavy atom. The second-order valence-corrected chi connectivity index (χ2v) is 6.02. The topological polar surface area (TPSA) is 48.0 Å². The van der Waals surface area contributed by atoms with E-state index in [2.05, 4.69) is 6.92 Å². The van der Waals surface area contributed by atoms with Crippen LogP contribution >= 0.6 is 0 Å². The average molecular weight is 305 g/mol. The number of nitrogens with zero attached hydrogens (tertiary/aromatic N) is 1. The first-order valence-electron chi connectivity index (χ1n) is 7.84. The molecule has 1 aromatic carbocycles. The van der Waals surface area contributed by atoms with E-state index in [9.17, 15) is 4.79 Å². The third-order valence-electron chi connectivity index (χ3n) is 4.53. The van der Waals surface area contributed by atoms with Crippen molar-refractivity contribution in [2.75, 3.05) is 32.9 Å². The van der Waals surface area contributed by atoms with Gasteiger partial charge in [0.05, 0.1) is 13.2 Å². The summed E-state index contributed by atoms with van der Waals surface area (Å²) in [6.07, 6.45) is 1.48. The van der Waals surface area contributed by atoms with Crippen LogP contribution in [-0.4, -0.2) is 49.5 Å². The molecule has 5 heteroatoms. The average Bonchev–Trinajstić information content (AvgIpc) is 2.97. The van der Waals surface area contributed by atoms with Gasteiger partial charge < -0.3 is 19.1 Å². The maximum absolute atomic E-state index is 12.2. The van der Waals surface area contributed by atoms with Crippen molar-refractivity contribution in [3.63, 3.8) is 0 Å². The van der Waals surface area contributed by atoms with Crippen molar-refractivity contribution in [3.05, 3.63) is 29.3 Å². The Labute approximate surface area is 131 Å². The summed E-state index contributed by atoms with van der Waals surface area (Å²) in [7, 11) is 0. The quantitative estimate of drug-likeness (QED) is 0.857. The smallest absolute Gasteiger partial charge is 0.260 e. The van der Waals surface area contributed by atoms with E-state index in [1.54, 1.807) is 0 Å². The number of benzene rings is 1. The number of likely N-dealkylation sites (tertiary alicyclic amines) is 1. The van der Waals surface area contributed by atoms with Crippen LogP contribution in [0.15, 0.2) is 18.2 Å². The van der Waals surface area contributed by atoms with Gasteiger partial charge in [0.15, 0.2) is 12.4 Å². The molecule has 0 radical (unpaired) electrons. The molecule has 0 atom stereocenters. The first-order chi connectivity index (χ1) is 10.6. The van der Waals surface area contributed by atoms with Gasteiger partial charge in [-0.25, -0.2) is 0 Å². The molecule has 0 saturated carbocycles. The summed E-state index contributed by atoms with van der Waals surface area (Å²) < 4.78 is 17.0. The Bertz CT molecular complexity index is 542. The zero-order valence-corrected chi connectivity index (χ0v) is 13.3. The molecule has 1 amide bonds. The SMILES string of the molecule is Cc1ccc(OCC(=O)N2CCC3(CC2)OCCO3)cc1C. The zero-order valence-electron chi connectivity index (χ0n) is 13.3. The van der Waals surface area contributed by atoms with E-state index in [1.165, 1.54) is 11.1 Å². The number of carbonyl (C=O) groups excluding carboxylic acids is 1. The molecule has 0 bridgehead atoms. The van der Waals surface area contributed by atoms with Crippen molar-refractivity contribution in [1.29, 1.82) is 0 Å². The molecular formula is C17H23NO4. The number of hydrogen-bond donors (Lipinski definition) is 0. The van der Waals surface area contributed by atoms with E-state index in [-0.39, 0.29) is 12.5 Å². The number of piperidine rings is 1. The summed E-state index contributed by atoms with van der Waals surface area (Å²) in [5.41, 5.74) is 2.39. The summed E-state index contributed by atoms with van der Waals surface area (Å²) in [4.78, 5) is 14.1. The van der Waals surface area contributed by atoms with E-state index in [0.717, 1.165) is 18.6 Å². The van der Waals surface area contributed by atoms with Gasteiger partial charge >= 0.3 is 0 Å². The molecule has 2 saturated heterocycles. The largest absolute Gasteiger partial charge is 0.484 e. The van der Waals surface area contributed by atoms with Crippen LogP contribution in [0.25, 0.3) is 0 Å². The lowest BCUT2D eigenvalue weighted by molar-refractivity contribution is -0.187. The van der Waals surface area contributed by atoms with Crippen molar-refractivity contribution < 1.29 is 19.0 Å². The van der Waals surface area contributed by atoms with Crippen LogP contribution in [0.2, 0.25) is 0 Å². The molecule has 2 aliphatic rings. The molecule has 0 unspecified atom stereocenters. The minimum absolute atomic E-state index is 0.0195. The molecule has 1 aromatic rings. The maximum atomic E-state index is 12.2. The summed E-state index contributed by atoms with van der Waals surface area (Å²) >= 11 is 0. The van der Waals surface area contributed by atoms with Gasteiger partial charge in [-0.1, -0.05) is 6.07 Å². The number of hydrogen-bond acceptors (Lipinski definition) is 4. The molecule has 120 valence electrons. The van der Waals surface area contributed by atoms with E-state index < -0.39 is 5.79 Å². The van der Waals surface area contributed by atoms with Crippen LogP contribution in [0.4, 0.5) is 0 Å². The van der Waals surface area contributed by atoms with Crippen LogP contribution in [-0.2, 0) is 14.3 Å².